The number of aliphatic hydroxyl groups is 1. The van der Waals surface area contributed by atoms with Crippen molar-refractivity contribution in [3.8, 4) is 0 Å². The van der Waals surface area contributed by atoms with Crippen LogP contribution in [-0.2, 0) is 20.9 Å². The standard InChI is InChI=1S/C36H45N3O4S/c1-6-19-37(24-27-13-9-8-10-14-27)32(41)29-30-33(42)39(21-11-12-22-40)31(36(30)18-17-35(29,5)44-36)34(43)38(20-7-2)28-23-25(3)15-16-26(28)4/h6-10,13-16,23,29-31,40H,1-2,11-12,17-22,24H2,3-5H3/t29-,30+,31?,35+,36?/m1/s1. The van der Waals surface area contributed by atoms with Gasteiger partial charge in [0.2, 0.25) is 11.8 Å². The Morgan fingerprint density at radius 1 is 1.05 bits per heavy atom. The smallest absolute Gasteiger partial charge is 0.251 e. The third-order valence-corrected chi connectivity index (χ3v) is 11.7. The van der Waals surface area contributed by atoms with E-state index in [1.807, 2.05) is 67.3 Å². The van der Waals surface area contributed by atoms with Crippen LogP contribution in [0.25, 0.3) is 0 Å². The number of hydrogen-bond donors (Lipinski definition) is 1. The summed E-state index contributed by atoms with van der Waals surface area (Å²) in [4.78, 5) is 49.4. The van der Waals surface area contributed by atoms with E-state index in [9.17, 15) is 19.5 Å². The maximum absolute atomic E-state index is 14.9. The van der Waals surface area contributed by atoms with Crippen molar-refractivity contribution in [3.63, 3.8) is 0 Å². The van der Waals surface area contributed by atoms with Crippen LogP contribution < -0.4 is 4.90 Å². The number of carbonyl (C=O) groups excluding carboxylic acids is 3. The molecular formula is C36H45N3O4S. The molecule has 8 heteroatoms. The maximum Gasteiger partial charge on any atom is 0.251 e. The molecule has 2 aromatic rings. The number of aliphatic hydroxyl groups excluding tert-OH is 1. The van der Waals surface area contributed by atoms with E-state index >= 15 is 0 Å². The van der Waals surface area contributed by atoms with Gasteiger partial charge in [-0.15, -0.1) is 24.9 Å². The normalized spacial score (nSPS) is 26.9. The van der Waals surface area contributed by atoms with Crippen LogP contribution in [0.4, 0.5) is 5.69 Å². The second-order valence-corrected chi connectivity index (χ2v) is 14.6. The molecule has 2 unspecified atom stereocenters. The SMILES string of the molecule is C=CCN(Cc1ccccc1)C(=O)[C@H]1[C@H]2C(=O)N(CCCCO)C(C(=O)N(CC=C)c3cc(C)ccc3C)C23CC[C@]1(C)S3. The number of likely N-dealkylation sites (tertiary alicyclic amines) is 1. The number of thioether (sulfide) groups is 1. The molecule has 3 amide bonds. The minimum atomic E-state index is -0.717. The topological polar surface area (TPSA) is 81.2 Å². The lowest BCUT2D eigenvalue weighted by atomic mass is 9.66. The Morgan fingerprint density at radius 2 is 1.77 bits per heavy atom. The molecule has 0 aromatic heterocycles. The molecule has 5 rings (SSSR count). The summed E-state index contributed by atoms with van der Waals surface area (Å²) in [6.07, 6.45) is 6.02. The van der Waals surface area contributed by atoms with Crippen LogP contribution in [0.2, 0.25) is 0 Å². The zero-order valence-electron chi connectivity index (χ0n) is 26.2. The molecule has 0 aliphatic carbocycles. The van der Waals surface area contributed by atoms with Crippen LogP contribution in [0.1, 0.15) is 49.3 Å². The van der Waals surface area contributed by atoms with Crippen LogP contribution >= 0.6 is 11.8 Å². The van der Waals surface area contributed by atoms with Crippen molar-refractivity contribution in [1.82, 2.24) is 9.80 Å². The largest absolute Gasteiger partial charge is 0.396 e. The van der Waals surface area contributed by atoms with E-state index in [0.29, 0.717) is 45.4 Å². The summed E-state index contributed by atoms with van der Waals surface area (Å²) < 4.78 is -1.18. The van der Waals surface area contributed by atoms with E-state index in [1.165, 1.54) is 0 Å². The second-order valence-electron chi connectivity index (χ2n) is 12.7. The van der Waals surface area contributed by atoms with Gasteiger partial charge in [0.25, 0.3) is 5.91 Å². The Hall–Kier alpha value is -3.36. The first-order valence-corrected chi connectivity index (χ1v) is 16.5. The predicted octanol–water partition coefficient (Wildman–Crippen LogP) is 5.29. The molecule has 2 aromatic carbocycles. The van der Waals surface area contributed by atoms with Gasteiger partial charge in [-0.25, -0.2) is 0 Å². The Balaban J connectivity index is 1.56. The molecule has 44 heavy (non-hydrogen) atoms. The van der Waals surface area contributed by atoms with Crippen LogP contribution in [0.15, 0.2) is 73.8 Å². The lowest BCUT2D eigenvalue weighted by Gasteiger charge is -2.38. The average Bonchev–Trinajstić information content (AvgIpc) is 3.57. The third kappa shape index (κ3) is 5.51. The van der Waals surface area contributed by atoms with Gasteiger partial charge in [-0.3, -0.25) is 14.4 Å². The number of hydrogen-bond acceptors (Lipinski definition) is 5. The summed E-state index contributed by atoms with van der Waals surface area (Å²) in [6, 6.07) is 15.2. The highest BCUT2D eigenvalue weighted by molar-refractivity contribution is 8.02. The molecular weight excluding hydrogens is 570 g/mol. The number of aryl methyl sites for hydroxylation is 2. The van der Waals surface area contributed by atoms with Crippen molar-refractivity contribution in [2.45, 2.75) is 68.5 Å². The van der Waals surface area contributed by atoms with Gasteiger partial charge in [0.15, 0.2) is 0 Å². The van der Waals surface area contributed by atoms with Gasteiger partial charge in [0.1, 0.15) is 6.04 Å². The van der Waals surface area contributed by atoms with Gasteiger partial charge >= 0.3 is 0 Å². The monoisotopic (exact) mass is 615 g/mol. The minimum Gasteiger partial charge on any atom is -0.396 e. The van der Waals surface area contributed by atoms with E-state index < -0.39 is 27.4 Å². The Morgan fingerprint density at radius 3 is 2.45 bits per heavy atom. The van der Waals surface area contributed by atoms with Crippen molar-refractivity contribution in [2.75, 3.05) is 31.1 Å². The van der Waals surface area contributed by atoms with Crippen LogP contribution in [0, 0.1) is 25.7 Å². The quantitative estimate of drug-likeness (QED) is 0.245. The van der Waals surface area contributed by atoms with Crippen molar-refractivity contribution in [2.24, 2.45) is 11.8 Å². The van der Waals surface area contributed by atoms with Crippen LogP contribution in [0.3, 0.4) is 0 Å². The van der Waals surface area contributed by atoms with Crippen molar-refractivity contribution in [3.05, 3.63) is 90.5 Å². The molecule has 234 valence electrons. The highest BCUT2D eigenvalue weighted by Gasteiger charge is 2.77. The number of rotatable bonds is 13. The number of carbonyl (C=O) groups is 3. The van der Waals surface area contributed by atoms with Gasteiger partial charge in [-0.1, -0.05) is 54.6 Å². The lowest BCUT2D eigenvalue weighted by molar-refractivity contribution is -0.145. The summed E-state index contributed by atoms with van der Waals surface area (Å²) in [5.74, 6) is -1.45. The molecule has 3 heterocycles. The highest BCUT2D eigenvalue weighted by Crippen LogP contribution is 2.71. The number of anilines is 1. The molecule has 3 fully saturated rings. The molecule has 0 saturated carbocycles. The van der Waals surface area contributed by atoms with Crippen LogP contribution in [0.5, 0.6) is 0 Å². The summed E-state index contributed by atoms with van der Waals surface area (Å²) in [6.45, 7) is 15.5. The number of nitrogens with zero attached hydrogens (tertiary/aromatic N) is 3. The fraction of sp³-hybridized carbons (Fsp3) is 0.472. The number of amides is 3. The van der Waals surface area contributed by atoms with Gasteiger partial charge < -0.3 is 19.8 Å². The van der Waals surface area contributed by atoms with Crippen molar-refractivity contribution < 1.29 is 19.5 Å². The Labute approximate surface area is 266 Å². The number of benzene rings is 2. The molecule has 0 radical (unpaired) electrons. The van der Waals surface area contributed by atoms with Crippen molar-refractivity contribution >= 4 is 35.2 Å². The van der Waals surface area contributed by atoms with Gasteiger partial charge in [-0.05, 0) is 69.2 Å². The Bertz CT molecular complexity index is 1430. The molecule has 5 atom stereocenters. The molecule has 2 bridgehead atoms. The first kappa shape index (κ1) is 32.0. The zero-order valence-corrected chi connectivity index (χ0v) is 27.0. The molecule has 3 aliphatic rings. The maximum atomic E-state index is 14.9. The Kier molecular flexibility index (Phi) is 9.42. The molecule has 7 nitrogen and oxygen atoms in total. The minimum absolute atomic E-state index is 0.0181. The van der Waals surface area contributed by atoms with E-state index in [0.717, 1.165) is 28.8 Å². The van der Waals surface area contributed by atoms with Gasteiger partial charge in [0, 0.05) is 43.2 Å². The average molecular weight is 616 g/mol. The fourth-order valence-corrected chi connectivity index (χ4v) is 10.0. The van der Waals surface area contributed by atoms with E-state index in [1.54, 1.807) is 33.7 Å². The zero-order chi connectivity index (χ0) is 31.6. The van der Waals surface area contributed by atoms with E-state index in [2.05, 4.69) is 20.1 Å². The highest BCUT2D eigenvalue weighted by atomic mass is 32.2. The predicted molar refractivity (Wildman–Crippen MR) is 177 cm³/mol. The molecule has 1 spiro atoms. The second kappa shape index (κ2) is 12.9. The first-order valence-electron chi connectivity index (χ1n) is 15.7. The van der Waals surface area contributed by atoms with E-state index in [-0.39, 0.29) is 24.3 Å². The third-order valence-electron chi connectivity index (χ3n) is 9.69. The lowest BCUT2D eigenvalue weighted by Crippen LogP contribution is -2.55. The van der Waals surface area contributed by atoms with E-state index in [4.69, 9.17) is 0 Å². The first-order chi connectivity index (χ1) is 21.1. The number of unbranched alkanes of at least 4 members (excludes halogenated alkanes) is 1. The van der Waals surface area contributed by atoms with Gasteiger partial charge in [-0.2, -0.15) is 0 Å². The summed E-state index contributed by atoms with van der Waals surface area (Å²) in [7, 11) is 0. The fourth-order valence-electron chi connectivity index (χ4n) is 7.70. The van der Waals surface area contributed by atoms with Gasteiger partial charge in [0.05, 0.1) is 16.6 Å². The molecule has 3 aliphatic heterocycles. The van der Waals surface area contributed by atoms with Crippen LogP contribution in [-0.4, -0.2) is 74.4 Å². The van der Waals surface area contributed by atoms with Crippen molar-refractivity contribution in [1.29, 1.82) is 0 Å². The number of fused-ring (bicyclic) bond motifs is 1. The summed E-state index contributed by atoms with van der Waals surface area (Å²) in [5.41, 5.74) is 3.85. The summed E-state index contributed by atoms with van der Waals surface area (Å²) in [5, 5.41) is 9.54. The molecule has 1 N–H and O–H groups in total. The summed E-state index contributed by atoms with van der Waals surface area (Å²) >= 11 is 1.69. The molecule has 3 saturated heterocycles.